The summed E-state index contributed by atoms with van der Waals surface area (Å²) in [6.45, 7) is 5.93. The van der Waals surface area contributed by atoms with Crippen molar-refractivity contribution in [3.8, 4) is 5.75 Å². The van der Waals surface area contributed by atoms with E-state index in [9.17, 15) is 9.59 Å². The number of halogens is 2. The molecule has 3 aromatic rings. The van der Waals surface area contributed by atoms with Crippen molar-refractivity contribution in [2.45, 2.75) is 26.7 Å². The summed E-state index contributed by atoms with van der Waals surface area (Å²) in [5.41, 5.74) is 3.27. The average Bonchev–Trinajstić information content (AvgIpc) is 2.75. The molecular formula is C25H23BrClNO3. The third kappa shape index (κ3) is 5.75. The van der Waals surface area contributed by atoms with E-state index < -0.39 is 0 Å². The van der Waals surface area contributed by atoms with Gasteiger partial charge in [-0.3, -0.25) is 9.59 Å². The minimum atomic E-state index is -0.361. The quantitative estimate of drug-likeness (QED) is 0.364. The Morgan fingerprint density at radius 2 is 1.77 bits per heavy atom. The molecule has 3 rings (SSSR count). The highest BCUT2D eigenvalue weighted by Crippen LogP contribution is 2.32. The Balaban J connectivity index is 1.78. The Morgan fingerprint density at radius 1 is 1.06 bits per heavy atom. The summed E-state index contributed by atoms with van der Waals surface area (Å²) in [5, 5.41) is 3.20. The fraction of sp³-hybridized carbons (Fsp3) is 0.200. The van der Waals surface area contributed by atoms with Crippen molar-refractivity contribution in [3.63, 3.8) is 0 Å². The first-order valence-electron chi connectivity index (χ1n) is 9.88. The lowest BCUT2D eigenvalue weighted by molar-refractivity contribution is -0.118. The number of hydrogen-bond donors (Lipinski definition) is 1. The fourth-order valence-electron chi connectivity index (χ4n) is 3.13. The van der Waals surface area contributed by atoms with Crippen LogP contribution < -0.4 is 10.1 Å². The SMILES string of the molecule is Cc1cc(OCC(=O)Nc2ccc(Cl)cc2C(=O)c2ccccc2)c(C(C)C)cc1Br. The molecule has 0 aliphatic carbocycles. The lowest BCUT2D eigenvalue weighted by atomic mass is 10.0. The van der Waals surface area contributed by atoms with E-state index in [0.717, 1.165) is 15.6 Å². The number of carbonyl (C=O) groups is 2. The Morgan fingerprint density at radius 3 is 2.45 bits per heavy atom. The Bertz CT molecular complexity index is 1110. The third-order valence-electron chi connectivity index (χ3n) is 4.81. The van der Waals surface area contributed by atoms with Gasteiger partial charge in [-0.05, 0) is 54.3 Å². The number of rotatable bonds is 7. The molecule has 0 aromatic heterocycles. The Labute approximate surface area is 195 Å². The molecular weight excluding hydrogens is 478 g/mol. The molecule has 0 saturated carbocycles. The Kier molecular flexibility index (Phi) is 7.52. The second-order valence-corrected chi connectivity index (χ2v) is 8.81. The molecule has 0 atom stereocenters. The highest BCUT2D eigenvalue weighted by Gasteiger charge is 2.17. The second kappa shape index (κ2) is 10.1. The average molecular weight is 501 g/mol. The van der Waals surface area contributed by atoms with Crippen LogP contribution >= 0.6 is 27.5 Å². The molecule has 0 saturated heterocycles. The summed E-state index contributed by atoms with van der Waals surface area (Å²) in [6.07, 6.45) is 0. The van der Waals surface area contributed by atoms with E-state index in [2.05, 4.69) is 35.1 Å². The second-order valence-electron chi connectivity index (χ2n) is 7.52. The fourth-order valence-corrected chi connectivity index (χ4v) is 3.67. The van der Waals surface area contributed by atoms with Gasteiger partial charge >= 0.3 is 0 Å². The molecule has 3 aromatic carbocycles. The van der Waals surface area contributed by atoms with Gasteiger partial charge in [-0.1, -0.05) is 71.7 Å². The number of anilines is 1. The predicted molar refractivity (Wildman–Crippen MR) is 128 cm³/mol. The van der Waals surface area contributed by atoms with Crippen LogP contribution in [0, 0.1) is 6.92 Å². The van der Waals surface area contributed by atoms with Gasteiger partial charge in [0.05, 0.1) is 5.69 Å². The molecule has 160 valence electrons. The summed E-state index contributed by atoms with van der Waals surface area (Å²) in [4.78, 5) is 25.5. The minimum Gasteiger partial charge on any atom is -0.483 e. The van der Waals surface area contributed by atoms with Crippen molar-refractivity contribution in [2.24, 2.45) is 0 Å². The van der Waals surface area contributed by atoms with E-state index >= 15 is 0 Å². The number of aryl methyl sites for hydroxylation is 1. The van der Waals surface area contributed by atoms with Crippen LogP contribution in [0.2, 0.25) is 5.02 Å². The van der Waals surface area contributed by atoms with Crippen LogP contribution in [0.25, 0.3) is 0 Å². The smallest absolute Gasteiger partial charge is 0.262 e. The first kappa shape index (κ1) is 23.0. The molecule has 0 fully saturated rings. The predicted octanol–water partition coefficient (Wildman–Crippen LogP) is 6.78. The molecule has 31 heavy (non-hydrogen) atoms. The zero-order valence-electron chi connectivity index (χ0n) is 17.5. The summed E-state index contributed by atoms with van der Waals surface area (Å²) in [6, 6.07) is 17.6. The summed E-state index contributed by atoms with van der Waals surface area (Å²) < 4.78 is 6.83. The molecule has 0 aliphatic rings. The number of carbonyl (C=O) groups excluding carboxylic acids is 2. The molecule has 4 nitrogen and oxygen atoms in total. The van der Waals surface area contributed by atoms with Gasteiger partial charge in [-0.25, -0.2) is 0 Å². The molecule has 0 bridgehead atoms. The van der Waals surface area contributed by atoms with E-state index in [1.165, 1.54) is 0 Å². The standard InChI is InChI=1S/C25H23BrClNO3/c1-15(2)19-13-21(26)16(3)11-23(19)31-14-24(29)28-22-10-9-18(27)12-20(22)25(30)17-7-5-4-6-8-17/h4-13,15H,14H2,1-3H3,(H,28,29). The molecule has 0 spiro atoms. The van der Waals surface area contributed by atoms with Crippen molar-refractivity contribution < 1.29 is 14.3 Å². The van der Waals surface area contributed by atoms with E-state index in [0.29, 0.717) is 27.6 Å². The van der Waals surface area contributed by atoms with Gasteiger partial charge in [-0.15, -0.1) is 0 Å². The molecule has 1 N–H and O–H groups in total. The van der Waals surface area contributed by atoms with Crippen molar-refractivity contribution in [1.82, 2.24) is 0 Å². The monoisotopic (exact) mass is 499 g/mol. The summed E-state index contributed by atoms with van der Waals surface area (Å²) in [5.74, 6) is 0.327. The molecule has 0 unspecified atom stereocenters. The maximum absolute atomic E-state index is 12.9. The van der Waals surface area contributed by atoms with Gasteiger partial charge in [0, 0.05) is 20.6 Å². The molecule has 1 amide bonds. The van der Waals surface area contributed by atoms with E-state index in [1.54, 1.807) is 42.5 Å². The highest BCUT2D eigenvalue weighted by atomic mass is 79.9. The van der Waals surface area contributed by atoms with Crippen LogP contribution in [0.1, 0.15) is 46.8 Å². The maximum Gasteiger partial charge on any atom is 0.262 e. The molecule has 6 heteroatoms. The third-order valence-corrected chi connectivity index (χ3v) is 5.90. The number of ketones is 1. The number of ether oxygens (including phenoxy) is 1. The van der Waals surface area contributed by atoms with E-state index in [-0.39, 0.29) is 24.2 Å². The molecule has 0 aliphatic heterocycles. The first-order chi connectivity index (χ1) is 14.8. The zero-order chi connectivity index (χ0) is 22.5. The molecule has 0 radical (unpaired) electrons. The lowest BCUT2D eigenvalue weighted by Crippen LogP contribution is -2.22. The van der Waals surface area contributed by atoms with Crippen LogP contribution in [0.4, 0.5) is 5.69 Å². The van der Waals surface area contributed by atoms with Crippen LogP contribution in [0.5, 0.6) is 5.75 Å². The maximum atomic E-state index is 12.9. The minimum absolute atomic E-state index is 0.178. The molecule has 0 heterocycles. The van der Waals surface area contributed by atoms with Gasteiger partial charge in [-0.2, -0.15) is 0 Å². The van der Waals surface area contributed by atoms with Crippen molar-refractivity contribution in [3.05, 3.63) is 92.4 Å². The van der Waals surface area contributed by atoms with Crippen molar-refractivity contribution in [2.75, 3.05) is 11.9 Å². The van der Waals surface area contributed by atoms with Gasteiger partial charge in [0.25, 0.3) is 5.91 Å². The number of nitrogens with one attached hydrogen (secondary N) is 1. The summed E-state index contributed by atoms with van der Waals surface area (Å²) in [7, 11) is 0. The number of amides is 1. The van der Waals surface area contributed by atoms with Crippen LogP contribution in [-0.4, -0.2) is 18.3 Å². The van der Waals surface area contributed by atoms with Crippen LogP contribution in [-0.2, 0) is 4.79 Å². The number of benzene rings is 3. The van der Waals surface area contributed by atoms with Gasteiger partial charge in [0.2, 0.25) is 0 Å². The van der Waals surface area contributed by atoms with Gasteiger partial charge in [0.1, 0.15) is 5.75 Å². The largest absolute Gasteiger partial charge is 0.483 e. The van der Waals surface area contributed by atoms with Gasteiger partial charge in [0.15, 0.2) is 12.4 Å². The lowest BCUT2D eigenvalue weighted by Gasteiger charge is -2.16. The number of hydrogen-bond acceptors (Lipinski definition) is 3. The topological polar surface area (TPSA) is 55.4 Å². The van der Waals surface area contributed by atoms with E-state index in [4.69, 9.17) is 16.3 Å². The van der Waals surface area contributed by atoms with Crippen molar-refractivity contribution >= 4 is 44.9 Å². The van der Waals surface area contributed by atoms with E-state index in [1.807, 2.05) is 25.1 Å². The first-order valence-corrected chi connectivity index (χ1v) is 11.1. The van der Waals surface area contributed by atoms with Crippen molar-refractivity contribution in [1.29, 1.82) is 0 Å². The Hall–Kier alpha value is -2.63. The summed E-state index contributed by atoms with van der Waals surface area (Å²) >= 11 is 9.65. The van der Waals surface area contributed by atoms with Crippen LogP contribution in [0.15, 0.2) is 65.1 Å². The zero-order valence-corrected chi connectivity index (χ0v) is 19.9. The van der Waals surface area contributed by atoms with Crippen LogP contribution in [0.3, 0.4) is 0 Å². The normalized spacial score (nSPS) is 10.8. The van der Waals surface area contributed by atoms with Gasteiger partial charge < -0.3 is 10.1 Å². The highest BCUT2D eigenvalue weighted by molar-refractivity contribution is 9.10.